The lowest BCUT2D eigenvalue weighted by Gasteiger charge is -2.33. The summed E-state index contributed by atoms with van der Waals surface area (Å²) in [6.07, 6.45) is 0. The average Bonchev–Trinajstić information content (AvgIpc) is 2.38. The molecule has 0 N–H and O–H groups in total. The molecular formula is C13H16ClNO3. The predicted molar refractivity (Wildman–Crippen MR) is 68.5 cm³/mol. The number of hydrogen-bond donors (Lipinski definition) is 0. The van der Waals surface area contributed by atoms with Crippen molar-refractivity contribution in [3.05, 3.63) is 34.9 Å². The molecule has 4 nitrogen and oxygen atoms in total. The fourth-order valence-corrected chi connectivity index (χ4v) is 2.26. The lowest BCUT2D eigenvalue weighted by Crippen LogP contribution is -2.49. The molecule has 5 heteroatoms. The fourth-order valence-electron chi connectivity index (χ4n) is 2.05. The first-order valence-electron chi connectivity index (χ1n) is 5.85. The molecule has 2 rings (SSSR count). The highest BCUT2D eigenvalue weighted by Gasteiger charge is 2.30. The van der Waals surface area contributed by atoms with Crippen molar-refractivity contribution < 1.29 is 14.3 Å². The van der Waals surface area contributed by atoms with Crippen LogP contribution in [0.2, 0.25) is 5.02 Å². The third-order valence-electron chi connectivity index (χ3n) is 2.99. The van der Waals surface area contributed by atoms with Crippen LogP contribution in [-0.2, 0) is 20.8 Å². The van der Waals surface area contributed by atoms with E-state index < -0.39 is 0 Å². The molecule has 0 amide bonds. The Hall–Kier alpha value is -1.10. The molecule has 1 fully saturated rings. The Morgan fingerprint density at radius 2 is 2.44 bits per heavy atom. The summed E-state index contributed by atoms with van der Waals surface area (Å²) in [5.41, 5.74) is 1.08. The summed E-state index contributed by atoms with van der Waals surface area (Å²) in [4.78, 5) is 13.7. The van der Waals surface area contributed by atoms with Gasteiger partial charge in [0.15, 0.2) is 0 Å². The number of carbonyl (C=O) groups excluding carboxylic acids is 1. The van der Waals surface area contributed by atoms with Crippen molar-refractivity contribution in [1.29, 1.82) is 0 Å². The Bertz CT molecular complexity index is 424. The number of ether oxygens (including phenoxy) is 2. The highest BCUT2D eigenvalue weighted by Crippen LogP contribution is 2.16. The Kier molecular flexibility index (Phi) is 4.58. The summed E-state index contributed by atoms with van der Waals surface area (Å²) in [5.74, 6) is -0.253. The fraction of sp³-hybridized carbons (Fsp3) is 0.462. The number of nitrogens with zero attached hydrogens (tertiary/aromatic N) is 1. The molecule has 18 heavy (non-hydrogen) atoms. The molecule has 1 aromatic rings. The van der Waals surface area contributed by atoms with Gasteiger partial charge in [-0.05, 0) is 17.7 Å². The van der Waals surface area contributed by atoms with E-state index in [0.717, 1.165) is 5.56 Å². The molecule has 98 valence electrons. The third-order valence-corrected chi connectivity index (χ3v) is 3.22. The van der Waals surface area contributed by atoms with Gasteiger partial charge in [0.25, 0.3) is 0 Å². The van der Waals surface area contributed by atoms with Gasteiger partial charge in [-0.3, -0.25) is 9.69 Å². The van der Waals surface area contributed by atoms with E-state index in [4.69, 9.17) is 21.1 Å². The second-order valence-corrected chi connectivity index (χ2v) is 4.65. The summed E-state index contributed by atoms with van der Waals surface area (Å²) in [6.45, 7) is 2.40. The number of esters is 1. The van der Waals surface area contributed by atoms with E-state index in [-0.39, 0.29) is 12.0 Å². The Morgan fingerprint density at radius 3 is 3.17 bits per heavy atom. The Morgan fingerprint density at radius 1 is 1.61 bits per heavy atom. The van der Waals surface area contributed by atoms with Crippen LogP contribution in [0.3, 0.4) is 0 Å². The van der Waals surface area contributed by atoms with Crippen molar-refractivity contribution in [3.63, 3.8) is 0 Å². The zero-order valence-corrected chi connectivity index (χ0v) is 11.0. The first-order valence-corrected chi connectivity index (χ1v) is 6.22. The van der Waals surface area contributed by atoms with Crippen LogP contribution in [0.25, 0.3) is 0 Å². The predicted octanol–water partition coefficient (Wildman–Crippen LogP) is 1.71. The van der Waals surface area contributed by atoms with E-state index in [2.05, 4.69) is 4.90 Å². The van der Waals surface area contributed by atoms with Crippen LogP contribution in [0.15, 0.2) is 24.3 Å². The van der Waals surface area contributed by atoms with E-state index >= 15 is 0 Å². The van der Waals surface area contributed by atoms with Gasteiger partial charge >= 0.3 is 5.97 Å². The normalized spacial score (nSPS) is 20.7. The lowest BCUT2D eigenvalue weighted by molar-refractivity contribution is -0.153. The van der Waals surface area contributed by atoms with Crippen LogP contribution in [0.1, 0.15) is 5.56 Å². The van der Waals surface area contributed by atoms with E-state index in [1.165, 1.54) is 7.11 Å². The van der Waals surface area contributed by atoms with E-state index in [0.29, 0.717) is 31.3 Å². The van der Waals surface area contributed by atoms with Gasteiger partial charge in [-0.2, -0.15) is 0 Å². The second-order valence-electron chi connectivity index (χ2n) is 4.21. The summed E-state index contributed by atoms with van der Waals surface area (Å²) in [6, 6.07) is 7.32. The number of morpholine rings is 1. The van der Waals surface area contributed by atoms with Crippen molar-refractivity contribution in [1.82, 2.24) is 4.90 Å². The second kappa shape index (κ2) is 6.18. The maximum atomic E-state index is 11.7. The molecule has 0 radical (unpaired) electrons. The highest BCUT2D eigenvalue weighted by molar-refractivity contribution is 6.30. The van der Waals surface area contributed by atoms with Crippen molar-refractivity contribution >= 4 is 17.6 Å². The number of rotatable bonds is 3. The van der Waals surface area contributed by atoms with Gasteiger partial charge in [-0.15, -0.1) is 0 Å². The maximum absolute atomic E-state index is 11.7. The molecule has 1 unspecified atom stereocenters. The van der Waals surface area contributed by atoms with Crippen LogP contribution in [0, 0.1) is 0 Å². The van der Waals surface area contributed by atoms with Gasteiger partial charge in [0, 0.05) is 18.1 Å². The van der Waals surface area contributed by atoms with Crippen molar-refractivity contribution in [2.75, 3.05) is 26.9 Å². The largest absolute Gasteiger partial charge is 0.468 e. The summed E-state index contributed by atoms with van der Waals surface area (Å²) >= 11 is 5.95. The molecule has 1 aromatic carbocycles. The van der Waals surface area contributed by atoms with Crippen molar-refractivity contribution in [2.24, 2.45) is 0 Å². The number of halogens is 1. The Labute approximate surface area is 111 Å². The highest BCUT2D eigenvalue weighted by atomic mass is 35.5. The van der Waals surface area contributed by atoms with Crippen LogP contribution in [-0.4, -0.2) is 43.8 Å². The number of benzene rings is 1. The average molecular weight is 270 g/mol. The topological polar surface area (TPSA) is 38.8 Å². The molecule has 1 aliphatic heterocycles. The smallest absolute Gasteiger partial charge is 0.325 e. The zero-order chi connectivity index (χ0) is 13.0. The minimum absolute atomic E-state index is 0.253. The minimum atomic E-state index is -0.331. The molecule has 0 aliphatic carbocycles. The van der Waals surface area contributed by atoms with E-state index in [1.807, 2.05) is 24.3 Å². The first-order chi connectivity index (χ1) is 8.70. The van der Waals surface area contributed by atoms with Crippen LogP contribution in [0.5, 0.6) is 0 Å². The van der Waals surface area contributed by atoms with Gasteiger partial charge in [0.2, 0.25) is 0 Å². The zero-order valence-electron chi connectivity index (χ0n) is 10.3. The molecular weight excluding hydrogens is 254 g/mol. The lowest BCUT2D eigenvalue weighted by atomic mass is 10.1. The Balaban J connectivity index is 2.07. The summed E-state index contributed by atoms with van der Waals surface area (Å²) < 4.78 is 10.1. The molecule has 0 saturated carbocycles. The SMILES string of the molecule is COC(=O)C1COCCN1Cc1cccc(Cl)c1. The van der Waals surface area contributed by atoms with Crippen molar-refractivity contribution in [2.45, 2.75) is 12.6 Å². The molecule has 1 atom stereocenters. The number of methoxy groups -OCH3 is 1. The first kappa shape index (κ1) is 13.3. The third kappa shape index (κ3) is 3.22. The monoisotopic (exact) mass is 269 g/mol. The van der Waals surface area contributed by atoms with E-state index in [9.17, 15) is 4.79 Å². The van der Waals surface area contributed by atoms with Gasteiger partial charge in [-0.25, -0.2) is 0 Å². The van der Waals surface area contributed by atoms with Gasteiger partial charge in [-0.1, -0.05) is 23.7 Å². The number of carbonyl (C=O) groups is 1. The summed E-state index contributed by atoms with van der Waals surface area (Å²) in [5, 5.41) is 0.704. The van der Waals surface area contributed by atoms with Crippen LogP contribution in [0.4, 0.5) is 0 Å². The molecule has 0 bridgehead atoms. The minimum Gasteiger partial charge on any atom is -0.468 e. The number of hydrogen-bond acceptors (Lipinski definition) is 4. The molecule has 0 spiro atoms. The van der Waals surface area contributed by atoms with Crippen LogP contribution >= 0.6 is 11.6 Å². The molecule has 1 aliphatic rings. The summed E-state index contributed by atoms with van der Waals surface area (Å²) in [7, 11) is 1.40. The molecule has 0 aromatic heterocycles. The van der Waals surface area contributed by atoms with Gasteiger partial charge < -0.3 is 9.47 Å². The van der Waals surface area contributed by atoms with Crippen LogP contribution < -0.4 is 0 Å². The molecule has 1 heterocycles. The van der Waals surface area contributed by atoms with Gasteiger partial charge in [0.1, 0.15) is 6.04 Å². The standard InChI is InChI=1S/C13H16ClNO3/c1-17-13(16)12-9-18-6-5-15(12)8-10-3-2-4-11(14)7-10/h2-4,7,12H,5-6,8-9H2,1H3. The quantitative estimate of drug-likeness (QED) is 0.783. The van der Waals surface area contributed by atoms with Crippen molar-refractivity contribution in [3.8, 4) is 0 Å². The maximum Gasteiger partial charge on any atom is 0.325 e. The molecule has 1 saturated heterocycles. The van der Waals surface area contributed by atoms with Gasteiger partial charge in [0.05, 0.1) is 20.3 Å². The van der Waals surface area contributed by atoms with E-state index in [1.54, 1.807) is 0 Å².